The maximum absolute atomic E-state index is 8.63. The fourth-order valence-corrected chi connectivity index (χ4v) is 0.813. The van der Waals surface area contributed by atoms with E-state index < -0.39 is 0 Å². The highest BCUT2D eigenvalue weighted by molar-refractivity contribution is 5.18. The second kappa shape index (κ2) is 11.3. The zero-order valence-corrected chi connectivity index (χ0v) is 9.80. The summed E-state index contributed by atoms with van der Waals surface area (Å²) in [4.78, 5) is 0. The van der Waals surface area contributed by atoms with Crippen molar-refractivity contribution in [2.24, 2.45) is 0 Å². The van der Waals surface area contributed by atoms with Crippen LogP contribution in [0.2, 0.25) is 0 Å². The van der Waals surface area contributed by atoms with Gasteiger partial charge in [0.25, 0.3) is 0 Å². The molecule has 0 aliphatic rings. The molecule has 0 aliphatic heterocycles. The van der Waals surface area contributed by atoms with Crippen molar-refractivity contribution in [2.45, 2.75) is 0 Å². The van der Waals surface area contributed by atoms with Crippen LogP contribution in [-0.2, 0) is 0 Å². The van der Waals surface area contributed by atoms with Crippen molar-refractivity contribution >= 4 is 0 Å². The van der Waals surface area contributed by atoms with Gasteiger partial charge in [0.05, 0.1) is 0 Å². The Morgan fingerprint density at radius 2 is 0.938 bits per heavy atom. The fourth-order valence-electron chi connectivity index (χ4n) is 0.813. The van der Waals surface area contributed by atoms with Crippen LogP contribution < -0.4 is 5.32 Å². The summed E-state index contributed by atoms with van der Waals surface area (Å²) in [7, 11) is 3.75. The van der Waals surface area contributed by atoms with Crippen LogP contribution in [0.5, 0.6) is 5.75 Å². The molecule has 2 aromatic rings. The highest BCUT2D eigenvalue weighted by atomic mass is 16.3. The van der Waals surface area contributed by atoms with E-state index in [1.807, 2.05) is 56.6 Å². The Morgan fingerprint density at radius 3 is 1.12 bits per heavy atom. The molecule has 86 valence electrons. The molecule has 0 unspecified atom stereocenters. The molecule has 0 saturated heterocycles. The zero-order chi connectivity index (χ0) is 12.1. The van der Waals surface area contributed by atoms with E-state index in [9.17, 15) is 0 Å². The molecule has 0 aromatic heterocycles. The molecule has 2 heteroatoms. The summed E-state index contributed by atoms with van der Waals surface area (Å²) in [5, 5.41) is 11.4. The first-order chi connectivity index (χ1) is 7.81. The van der Waals surface area contributed by atoms with E-state index in [1.165, 1.54) is 0 Å². The molecular weight excluding hydrogens is 198 g/mol. The minimum absolute atomic E-state index is 0.322. The molecule has 0 saturated carbocycles. The van der Waals surface area contributed by atoms with Crippen LogP contribution in [0.1, 0.15) is 0 Å². The van der Waals surface area contributed by atoms with E-state index in [-0.39, 0.29) is 0 Å². The van der Waals surface area contributed by atoms with Gasteiger partial charge < -0.3 is 10.4 Å². The fraction of sp³-hybridized carbons (Fsp3) is 0.143. The Balaban J connectivity index is 0.000000230. The quantitative estimate of drug-likeness (QED) is 0.711. The summed E-state index contributed by atoms with van der Waals surface area (Å²) in [5.41, 5.74) is 0. The number of rotatable bonds is 0. The SMILES string of the molecule is CNC.Oc1ccccc1.c1ccccc1. The van der Waals surface area contributed by atoms with Gasteiger partial charge in [0.15, 0.2) is 0 Å². The Labute approximate surface area is 97.6 Å². The Morgan fingerprint density at radius 1 is 0.688 bits per heavy atom. The Hall–Kier alpha value is -1.80. The number of para-hydroxylation sites is 1. The summed E-state index contributed by atoms with van der Waals surface area (Å²) < 4.78 is 0. The number of aromatic hydroxyl groups is 1. The lowest BCUT2D eigenvalue weighted by Gasteiger charge is -1.82. The highest BCUT2D eigenvalue weighted by Crippen LogP contribution is 2.02. The molecule has 16 heavy (non-hydrogen) atoms. The molecular formula is C14H19NO. The monoisotopic (exact) mass is 217 g/mol. The minimum atomic E-state index is 0.322. The van der Waals surface area contributed by atoms with Gasteiger partial charge in [-0.3, -0.25) is 0 Å². The number of phenols is 1. The van der Waals surface area contributed by atoms with Gasteiger partial charge in [-0.1, -0.05) is 54.6 Å². The van der Waals surface area contributed by atoms with E-state index >= 15 is 0 Å². The van der Waals surface area contributed by atoms with Gasteiger partial charge >= 0.3 is 0 Å². The third-order valence-electron chi connectivity index (χ3n) is 1.42. The maximum atomic E-state index is 8.63. The maximum Gasteiger partial charge on any atom is 0.115 e. The molecule has 2 N–H and O–H groups in total. The topological polar surface area (TPSA) is 32.3 Å². The standard InChI is InChI=1S/C6H6O.C6H6.C2H7N/c7-6-4-2-1-3-5-6;1-2-4-6-5-3-1;1-3-2/h1-5,7H;1-6H;3H,1-2H3. The van der Waals surface area contributed by atoms with Crippen LogP contribution in [-0.4, -0.2) is 19.2 Å². The van der Waals surface area contributed by atoms with E-state index in [0.29, 0.717) is 5.75 Å². The molecule has 0 fully saturated rings. The van der Waals surface area contributed by atoms with Crippen molar-refractivity contribution in [1.82, 2.24) is 5.32 Å². The second-order valence-corrected chi connectivity index (χ2v) is 2.99. The molecule has 0 radical (unpaired) electrons. The summed E-state index contributed by atoms with van der Waals surface area (Å²) in [6.45, 7) is 0. The van der Waals surface area contributed by atoms with Gasteiger partial charge in [-0.05, 0) is 26.2 Å². The van der Waals surface area contributed by atoms with E-state index in [4.69, 9.17) is 5.11 Å². The molecule has 0 heterocycles. The predicted molar refractivity (Wildman–Crippen MR) is 69.5 cm³/mol. The molecule has 0 aliphatic carbocycles. The molecule has 0 bridgehead atoms. The van der Waals surface area contributed by atoms with Crippen LogP contribution in [0.4, 0.5) is 0 Å². The Bertz CT molecular complexity index is 294. The van der Waals surface area contributed by atoms with Crippen molar-refractivity contribution in [3.05, 3.63) is 66.7 Å². The van der Waals surface area contributed by atoms with Gasteiger partial charge in [-0.15, -0.1) is 0 Å². The summed E-state index contributed by atoms with van der Waals surface area (Å²) >= 11 is 0. The first kappa shape index (κ1) is 14.2. The predicted octanol–water partition coefficient (Wildman–Crippen LogP) is 2.91. The normalized spacial score (nSPS) is 7.88. The van der Waals surface area contributed by atoms with Crippen molar-refractivity contribution in [2.75, 3.05) is 14.1 Å². The van der Waals surface area contributed by atoms with Gasteiger partial charge in [-0.25, -0.2) is 0 Å². The molecule has 0 atom stereocenters. The van der Waals surface area contributed by atoms with Crippen molar-refractivity contribution < 1.29 is 5.11 Å². The number of hydrogen-bond donors (Lipinski definition) is 2. The molecule has 2 rings (SSSR count). The minimum Gasteiger partial charge on any atom is -0.508 e. The number of hydrogen-bond acceptors (Lipinski definition) is 2. The summed E-state index contributed by atoms with van der Waals surface area (Å²) in [6, 6.07) is 20.7. The number of phenolic OH excluding ortho intramolecular Hbond substituents is 1. The second-order valence-electron chi connectivity index (χ2n) is 2.99. The van der Waals surface area contributed by atoms with Crippen LogP contribution >= 0.6 is 0 Å². The highest BCUT2D eigenvalue weighted by Gasteiger charge is 1.74. The van der Waals surface area contributed by atoms with Crippen LogP contribution in [0.25, 0.3) is 0 Å². The van der Waals surface area contributed by atoms with Crippen LogP contribution in [0, 0.1) is 0 Å². The van der Waals surface area contributed by atoms with Gasteiger partial charge in [0, 0.05) is 0 Å². The van der Waals surface area contributed by atoms with Crippen molar-refractivity contribution in [3.8, 4) is 5.75 Å². The van der Waals surface area contributed by atoms with E-state index in [0.717, 1.165) is 0 Å². The molecule has 2 nitrogen and oxygen atoms in total. The number of benzene rings is 2. The summed E-state index contributed by atoms with van der Waals surface area (Å²) in [5.74, 6) is 0.322. The first-order valence-corrected chi connectivity index (χ1v) is 5.13. The van der Waals surface area contributed by atoms with Crippen molar-refractivity contribution in [1.29, 1.82) is 0 Å². The van der Waals surface area contributed by atoms with Gasteiger partial charge in [0.1, 0.15) is 5.75 Å². The molecule has 0 amide bonds. The average molecular weight is 217 g/mol. The largest absolute Gasteiger partial charge is 0.508 e. The zero-order valence-electron chi connectivity index (χ0n) is 9.80. The van der Waals surface area contributed by atoms with Gasteiger partial charge in [-0.2, -0.15) is 0 Å². The molecule has 0 spiro atoms. The third-order valence-corrected chi connectivity index (χ3v) is 1.42. The lowest BCUT2D eigenvalue weighted by Crippen LogP contribution is -1.89. The van der Waals surface area contributed by atoms with Crippen LogP contribution in [0.15, 0.2) is 66.7 Å². The lowest BCUT2D eigenvalue weighted by molar-refractivity contribution is 0.475. The van der Waals surface area contributed by atoms with Gasteiger partial charge in [0.2, 0.25) is 0 Å². The smallest absolute Gasteiger partial charge is 0.115 e. The lowest BCUT2D eigenvalue weighted by atomic mass is 10.3. The first-order valence-electron chi connectivity index (χ1n) is 5.13. The van der Waals surface area contributed by atoms with E-state index in [2.05, 4.69) is 5.32 Å². The third kappa shape index (κ3) is 10.3. The number of nitrogens with one attached hydrogen (secondary N) is 1. The van der Waals surface area contributed by atoms with Crippen LogP contribution in [0.3, 0.4) is 0 Å². The average Bonchev–Trinajstić information content (AvgIpc) is 2.34. The van der Waals surface area contributed by atoms with Crippen molar-refractivity contribution in [3.63, 3.8) is 0 Å². The molecule has 2 aromatic carbocycles. The summed E-state index contributed by atoms with van der Waals surface area (Å²) in [6.07, 6.45) is 0. The van der Waals surface area contributed by atoms with E-state index in [1.54, 1.807) is 24.3 Å². The Kier molecular flexibility index (Phi) is 10.0.